The Balaban J connectivity index is 1.77. The van der Waals surface area contributed by atoms with Crippen molar-refractivity contribution in [2.45, 2.75) is 26.4 Å². The van der Waals surface area contributed by atoms with Gasteiger partial charge in [-0.05, 0) is 13.3 Å². The number of hydrogen-bond acceptors (Lipinski definition) is 7. The van der Waals surface area contributed by atoms with Crippen molar-refractivity contribution in [1.82, 2.24) is 19.5 Å². The molecule has 0 saturated carbocycles. The first-order valence-electron chi connectivity index (χ1n) is 7.62. The maximum Gasteiger partial charge on any atom is 0.275 e. The van der Waals surface area contributed by atoms with Crippen LogP contribution in [0.2, 0.25) is 0 Å². The molecule has 22 heavy (non-hydrogen) atoms. The van der Waals surface area contributed by atoms with Gasteiger partial charge in [0.05, 0.1) is 6.10 Å². The van der Waals surface area contributed by atoms with E-state index in [1.807, 2.05) is 13.8 Å². The van der Waals surface area contributed by atoms with Crippen LogP contribution in [-0.4, -0.2) is 63.4 Å². The third-order valence-electron chi connectivity index (χ3n) is 3.81. The summed E-state index contributed by atoms with van der Waals surface area (Å²) in [5.74, 6) is 0. The van der Waals surface area contributed by atoms with Gasteiger partial charge < -0.3 is 10.0 Å². The number of hydrogen-bond donors (Lipinski definition) is 1. The zero-order chi connectivity index (χ0) is 15.7. The molecule has 0 radical (unpaired) electrons. The average Bonchev–Trinajstić information content (AvgIpc) is 2.92. The van der Waals surface area contributed by atoms with Gasteiger partial charge in [0.2, 0.25) is 10.1 Å². The van der Waals surface area contributed by atoms with E-state index < -0.39 is 0 Å². The van der Waals surface area contributed by atoms with Crippen molar-refractivity contribution in [1.29, 1.82) is 0 Å². The van der Waals surface area contributed by atoms with Gasteiger partial charge in [-0.1, -0.05) is 18.3 Å². The molecule has 0 amide bonds. The van der Waals surface area contributed by atoms with Crippen molar-refractivity contribution >= 4 is 21.4 Å². The largest absolute Gasteiger partial charge is 0.392 e. The van der Waals surface area contributed by atoms with E-state index in [1.54, 1.807) is 6.07 Å². The number of β-amino-alcohol motifs (C(OH)–C–C–N with tert-alkyl or cyclic N) is 1. The summed E-state index contributed by atoms with van der Waals surface area (Å²) < 4.78 is 1.39. The molecule has 0 aromatic carbocycles. The topological polar surface area (TPSA) is 74.0 Å². The van der Waals surface area contributed by atoms with E-state index in [1.165, 1.54) is 15.9 Å². The number of aromatic nitrogens is 3. The first-order valence-corrected chi connectivity index (χ1v) is 8.43. The number of aliphatic hydroxyl groups excluding tert-OH is 1. The minimum Gasteiger partial charge on any atom is -0.392 e. The quantitative estimate of drug-likeness (QED) is 0.867. The maximum atomic E-state index is 12.0. The zero-order valence-electron chi connectivity index (χ0n) is 12.9. The van der Waals surface area contributed by atoms with Crippen LogP contribution in [0.4, 0.5) is 5.13 Å². The molecule has 120 valence electrons. The van der Waals surface area contributed by atoms with E-state index >= 15 is 0 Å². The first kappa shape index (κ1) is 15.4. The molecular weight excluding hydrogens is 302 g/mol. The predicted molar refractivity (Wildman–Crippen MR) is 86.8 cm³/mol. The molecule has 0 bridgehead atoms. The molecule has 1 aliphatic heterocycles. The Hall–Kier alpha value is -1.51. The van der Waals surface area contributed by atoms with Gasteiger partial charge in [-0.2, -0.15) is 4.52 Å². The molecule has 2 aromatic rings. The zero-order valence-corrected chi connectivity index (χ0v) is 13.7. The Morgan fingerprint density at radius 3 is 2.73 bits per heavy atom. The number of piperazine rings is 1. The lowest BCUT2D eigenvalue weighted by Crippen LogP contribution is -2.48. The monoisotopic (exact) mass is 323 g/mol. The lowest BCUT2D eigenvalue weighted by atomic mass is 10.3. The summed E-state index contributed by atoms with van der Waals surface area (Å²) >= 11 is 1.46. The van der Waals surface area contributed by atoms with Crippen LogP contribution in [0.25, 0.3) is 4.96 Å². The molecule has 1 fully saturated rings. The van der Waals surface area contributed by atoms with Gasteiger partial charge in [-0.3, -0.25) is 9.69 Å². The summed E-state index contributed by atoms with van der Waals surface area (Å²) in [7, 11) is 0. The fourth-order valence-electron chi connectivity index (χ4n) is 2.65. The van der Waals surface area contributed by atoms with Crippen molar-refractivity contribution < 1.29 is 5.11 Å². The second-order valence-corrected chi connectivity index (χ2v) is 6.59. The summed E-state index contributed by atoms with van der Waals surface area (Å²) in [4.78, 5) is 21.6. The minimum absolute atomic E-state index is 0.114. The molecule has 1 N–H and O–H groups in total. The van der Waals surface area contributed by atoms with Crippen molar-refractivity contribution in [3.8, 4) is 0 Å². The molecule has 3 heterocycles. The third kappa shape index (κ3) is 3.13. The van der Waals surface area contributed by atoms with Gasteiger partial charge in [-0.15, -0.1) is 5.10 Å². The lowest BCUT2D eigenvalue weighted by Gasteiger charge is -2.34. The highest BCUT2D eigenvalue weighted by molar-refractivity contribution is 7.20. The van der Waals surface area contributed by atoms with Gasteiger partial charge in [0.15, 0.2) is 0 Å². The molecule has 8 heteroatoms. The van der Waals surface area contributed by atoms with E-state index in [4.69, 9.17) is 0 Å². The van der Waals surface area contributed by atoms with Crippen molar-refractivity contribution in [2.75, 3.05) is 37.6 Å². The molecule has 1 saturated heterocycles. The smallest absolute Gasteiger partial charge is 0.275 e. The summed E-state index contributed by atoms with van der Waals surface area (Å²) in [6.45, 7) is 7.98. The number of aliphatic hydroxyl groups is 1. The standard InChI is InChI=1S/C14H21N5O2S/c1-3-11-8-12(21)19-13(15-11)22-14(16-19)18-6-4-17(5-7-18)9-10(2)20/h8,10,20H,3-7,9H2,1-2H3/t10-/m1/s1. The average molecular weight is 323 g/mol. The highest BCUT2D eigenvalue weighted by atomic mass is 32.1. The van der Waals surface area contributed by atoms with E-state index in [0.717, 1.165) is 43.4 Å². The molecule has 0 aliphatic carbocycles. The number of nitrogens with zero attached hydrogens (tertiary/aromatic N) is 5. The maximum absolute atomic E-state index is 12.0. The Labute approximate surface area is 132 Å². The molecule has 0 spiro atoms. The fourth-order valence-corrected chi connectivity index (χ4v) is 3.63. The van der Waals surface area contributed by atoms with Crippen LogP contribution in [-0.2, 0) is 6.42 Å². The summed E-state index contributed by atoms with van der Waals surface area (Å²) in [6.07, 6.45) is 0.445. The van der Waals surface area contributed by atoms with Crippen LogP contribution < -0.4 is 10.5 Å². The second kappa shape index (κ2) is 6.31. The molecule has 0 unspecified atom stereocenters. The van der Waals surface area contributed by atoms with E-state index in [-0.39, 0.29) is 11.7 Å². The van der Waals surface area contributed by atoms with Gasteiger partial charge in [-0.25, -0.2) is 4.98 Å². The van der Waals surface area contributed by atoms with Gasteiger partial charge in [0.25, 0.3) is 5.56 Å². The SMILES string of the molecule is CCc1cc(=O)n2nc(N3CCN(C[C@@H](C)O)CC3)sc2n1. The van der Waals surface area contributed by atoms with Crippen LogP contribution in [0.5, 0.6) is 0 Å². The van der Waals surface area contributed by atoms with E-state index in [2.05, 4.69) is 19.9 Å². The third-order valence-corrected chi connectivity index (χ3v) is 4.78. The summed E-state index contributed by atoms with van der Waals surface area (Å²) in [5, 5.41) is 14.7. The Kier molecular flexibility index (Phi) is 4.42. The molecule has 2 aromatic heterocycles. The minimum atomic E-state index is -0.302. The number of anilines is 1. The van der Waals surface area contributed by atoms with Crippen LogP contribution in [0, 0.1) is 0 Å². The van der Waals surface area contributed by atoms with Gasteiger partial charge in [0.1, 0.15) is 0 Å². The molecule has 7 nitrogen and oxygen atoms in total. The van der Waals surface area contributed by atoms with Crippen LogP contribution in [0.15, 0.2) is 10.9 Å². The van der Waals surface area contributed by atoms with Gasteiger partial charge >= 0.3 is 0 Å². The first-order chi connectivity index (χ1) is 10.6. The second-order valence-electron chi connectivity index (χ2n) is 5.65. The fraction of sp³-hybridized carbons (Fsp3) is 0.643. The van der Waals surface area contributed by atoms with E-state index in [9.17, 15) is 9.90 Å². The van der Waals surface area contributed by atoms with Crippen LogP contribution >= 0.6 is 11.3 Å². The lowest BCUT2D eigenvalue weighted by molar-refractivity contribution is 0.122. The molecule has 1 atom stereocenters. The Morgan fingerprint density at radius 2 is 2.09 bits per heavy atom. The number of rotatable bonds is 4. The highest BCUT2D eigenvalue weighted by Gasteiger charge is 2.21. The van der Waals surface area contributed by atoms with Crippen molar-refractivity contribution in [3.63, 3.8) is 0 Å². The predicted octanol–water partition coefficient (Wildman–Crippen LogP) is 0.216. The molecule has 3 rings (SSSR count). The number of fused-ring (bicyclic) bond motifs is 1. The Morgan fingerprint density at radius 1 is 1.36 bits per heavy atom. The summed E-state index contributed by atoms with van der Waals surface area (Å²) in [5.41, 5.74) is 0.694. The Bertz CT molecular complexity index is 703. The highest BCUT2D eigenvalue weighted by Crippen LogP contribution is 2.22. The molecule has 1 aliphatic rings. The normalized spacial score (nSPS) is 18.0. The van der Waals surface area contributed by atoms with Crippen LogP contribution in [0.3, 0.4) is 0 Å². The van der Waals surface area contributed by atoms with Crippen molar-refractivity contribution in [3.05, 3.63) is 22.1 Å². The van der Waals surface area contributed by atoms with Crippen molar-refractivity contribution in [2.24, 2.45) is 0 Å². The summed E-state index contributed by atoms with van der Waals surface area (Å²) in [6, 6.07) is 1.55. The van der Waals surface area contributed by atoms with Gasteiger partial charge in [0, 0.05) is 44.5 Å². The number of aryl methyl sites for hydroxylation is 1. The van der Waals surface area contributed by atoms with E-state index in [0.29, 0.717) is 11.5 Å². The molecular formula is C14H21N5O2S. The van der Waals surface area contributed by atoms with Crippen LogP contribution in [0.1, 0.15) is 19.5 Å².